The molecule has 2 rings (SSSR count). The molecule has 1 aromatic heterocycles. The summed E-state index contributed by atoms with van der Waals surface area (Å²) < 4.78 is 30.8. The Kier molecular flexibility index (Phi) is 6.44. The highest BCUT2D eigenvalue weighted by Gasteiger charge is 2.18. The predicted octanol–water partition coefficient (Wildman–Crippen LogP) is 2.16. The summed E-state index contributed by atoms with van der Waals surface area (Å²) in [5.41, 5.74) is 0.778. The van der Waals surface area contributed by atoms with Crippen molar-refractivity contribution in [2.24, 2.45) is 0 Å². The van der Waals surface area contributed by atoms with Gasteiger partial charge in [0.25, 0.3) is 5.91 Å². The number of anilines is 1. The number of hydrogen-bond donors (Lipinski definition) is 1. The van der Waals surface area contributed by atoms with Gasteiger partial charge in [-0.3, -0.25) is 9.52 Å². The second-order valence-electron chi connectivity index (χ2n) is 6.50. The fraction of sp³-hybridized carbons (Fsp3) is 0.389. The van der Waals surface area contributed by atoms with Gasteiger partial charge in [-0.05, 0) is 51.4 Å². The molecule has 0 aliphatic heterocycles. The van der Waals surface area contributed by atoms with E-state index in [4.69, 9.17) is 4.42 Å². The van der Waals surface area contributed by atoms with Crippen LogP contribution in [0, 0.1) is 6.92 Å². The Morgan fingerprint density at radius 3 is 2.46 bits per heavy atom. The molecule has 8 heteroatoms. The van der Waals surface area contributed by atoms with Gasteiger partial charge in [-0.25, -0.2) is 8.42 Å². The van der Waals surface area contributed by atoms with E-state index in [1.54, 1.807) is 29.2 Å². The molecule has 1 heterocycles. The van der Waals surface area contributed by atoms with Crippen LogP contribution in [0.1, 0.15) is 21.9 Å². The lowest BCUT2D eigenvalue weighted by atomic mass is 10.1. The van der Waals surface area contributed by atoms with E-state index in [1.807, 2.05) is 38.1 Å². The molecular weight excluding hydrogens is 354 g/mol. The van der Waals surface area contributed by atoms with Gasteiger partial charge in [0.05, 0.1) is 12.8 Å². The van der Waals surface area contributed by atoms with Gasteiger partial charge in [-0.15, -0.1) is 0 Å². The molecule has 7 nitrogen and oxygen atoms in total. The Labute approximate surface area is 154 Å². The fourth-order valence-corrected chi connectivity index (χ4v) is 3.00. The van der Waals surface area contributed by atoms with Crippen LogP contribution in [-0.4, -0.2) is 57.6 Å². The van der Waals surface area contributed by atoms with Crippen molar-refractivity contribution in [3.8, 4) is 0 Å². The van der Waals surface area contributed by atoms with Crippen molar-refractivity contribution in [1.82, 2.24) is 9.80 Å². The summed E-state index contributed by atoms with van der Waals surface area (Å²) >= 11 is 0. The van der Waals surface area contributed by atoms with Gasteiger partial charge in [-0.1, -0.05) is 6.07 Å². The lowest BCUT2D eigenvalue weighted by Crippen LogP contribution is -2.36. The first-order valence-electron chi connectivity index (χ1n) is 8.21. The van der Waals surface area contributed by atoms with Crippen LogP contribution in [0.2, 0.25) is 0 Å². The van der Waals surface area contributed by atoms with Crippen LogP contribution in [-0.2, 0) is 16.6 Å². The first-order valence-corrected chi connectivity index (χ1v) is 10.1. The molecule has 0 spiro atoms. The number of aryl methyl sites for hydroxylation is 1. The van der Waals surface area contributed by atoms with Crippen molar-refractivity contribution in [1.29, 1.82) is 0 Å². The summed E-state index contributed by atoms with van der Waals surface area (Å²) in [5.74, 6) is 1.32. The molecule has 0 fully saturated rings. The quantitative estimate of drug-likeness (QED) is 0.760. The maximum absolute atomic E-state index is 13.0. The molecule has 0 atom stereocenters. The molecule has 0 saturated heterocycles. The molecule has 0 radical (unpaired) electrons. The normalized spacial score (nSPS) is 11.6. The zero-order valence-electron chi connectivity index (χ0n) is 15.5. The number of carbonyl (C=O) groups is 1. The van der Waals surface area contributed by atoms with E-state index in [2.05, 4.69) is 4.72 Å². The highest BCUT2D eigenvalue weighted by atomic mass is 32.2. The SMILES string of the molecule is Cc1ccc(CN(CCN(C)C)C(=O)c2cccc(NS(C)(=O)=O)c2)o1. The number of sulfonamides is 1. The first kappa shape index (κ1) is 20.0. The lowest BCUT2D eigenvalue weighted by Gasteiger charge is -2.24. The van der Waals surface area contributed by atoms with E-state index in [0.717, 1.165) is 12.0 Å². The first-order chi connectivity index (χ1) is 12.1. The van der Waals surface area contributed by atoms with Crippen molar-refractivity contribution in [2.75, 3.05) is 38.2 Å². The van der Waals surface area contributed by atoms with Crippen molar-refractivity contribution >= 4 is 21.6 Å². The molecule has 1 N–H and O–H groups in total. The van der Waals surface area contributed by atoms with E-state index in [-0.39, 0.29) is 5.91 Å². The van der Waals surface area contributed by atoms with Gasteiger partial charge in [-0.2, -0.15) is 0 Å². The number of carbonyl (C=O) groups excluding carboxylic acids is 1. The molecule has 0 aliphatic rings. The van der Waals surface area contributed by atoms with Crippen LogP contribution in [0.15, 0.2) is 40.8 Å². The van der Waals surface area contributed by atoms with Crippen LogP contribution < -0.4 is 4.72 Å². The number of benzene rings is 1. The van der Waals surface area contributed by atoms with Crippen LogP contribution in [0.3, 0.4) is 0 Å². The van der Waals surface area contributed by atoms with Gasteiger partial charge in [0, 0.05) is 24.3 Å². The minimum atomic E-state index is -3.40. The standard InChI is InChI=1S/C18H25N3O4S/c1-14-8-9-17(25-14)13-21(11-10-20(2)3)18(22)15-6-5-7-16(12-15)19-26(4,23)24/h5-9,12,19H,10-11,13H2,1-4H3. The van der Waals surface area contributed by atoms with E-state index < -0.39 is 10.0 Å². The summed E-state index contributed by atoms with van der Waals surface area (Å²) in [7, 11) is 0.478. The topological polar surface area (TPSA) is 82.9 Å². The number of hydrogen-bond acceptors (Lipinski definition) is 5. The molecule has 2 aromatic rings. The third kappa shape index (κ3) is 6.20. The monoisotopic (exact) mass is 379 g/mol. The molecule has 26 heavy (non-hydrogen) atoms. The minimum absolute atomic E-state index is 0.182. The zero-order chi connectivity index (χ0) is 19.3. The van der Waals surface area contributed by atoms with Gasteiger partial charge >= 0.3 is 0 Å². The Balaban J connectivity index is 2.22. The number of nitrogens with one attached hydrogen (secondary N) is 1. The van der Waals surface area contributed by atoms with Crippen molar-refractivity contribution in [2.45, 2.75) is 13.5 Å². The Morgan fingerprint density at radius 1 is 1.15 bits per heavy atom. The molecule has 142 valence electrons. The van der Waals surface area contributed by atoms with Crippen LogP contribution in [0.5, 0.6) is 0 Å². The molecule has 0 saturated carbocycles. The van der Waals surface area contributed by atoms with E-state index in [0.29, 0.717) is 36.6 Å². The summed E-state index contributed by atoms with van der Waals surface area (Å²) in [5, 5.41) is 0. The highest BCUT2D eigenvalue weighted by molar-refractivity contribution is 7.92. The van der Waals surface area contributed by atoms with Crippen LogP contribution in [0.25, 0.3) is 0 Å². The second kappa shape index (κ2) is 8.37. The van der Waals surface area contributed by atoms with Crippen molar-refractivity contribution < 1.29 is 17.6 Å². The third-order valence-corrected chi connectivity index (χ3v) is 4.27. The average molecular weight is 379 g/mol. The molecular formula is C18H25N3O4S. The van der Waals surface area contributed by atoms with Crippen molar-refractivity contribution in [3.63, 3.8) is 0 Å². The summed E-state index contributed by atoms with van der Waals surface area (Å²) in [4.78, 5) is 16.7. The number of rotatable bonds is 8. The fourth-order valence-electron chi connectivity index (χ4n) is 2.44. The van der Waals surface area contributed by atoms with Crippen molar-refractivity contribution in [3.05, 3.63) is 53.5 Å². The smallest absolute Gasteiger partial charge is 0.254 e. The van der Waals surface area contributed by atoms with E-state index in [9.17, 15) is 13.2 Å². The lowest BCUT2D eigenvalue weighted by molar-refractivity contribution is 0.0719. The molecule has 1 aromatic carbocycles. The van der Waals surface area contributed by atoms with Gasteiger partial charge in [0.1, 0.15) is 11.5 Å². The van der Waals surface area contributed by atoms with Crippen LogP contribution in [0.4, 0.5) is 5.69 Å². The largest absolute Gasteiger partial charge is 0.464 e. The maximum atomic E-state index is 13.0. The number of nitrogens with zero attached hydrogens (tertiary/aromatic N) is 2. The number of likely N-dealkylation sites (N-methyl/N-ethyl adjacent to an activating group) is 1. The summed E-state index contributed by atoms with van der Waals surface area (Å²) in [6.45, 7) is 3.43. The second-order valence-corrected chi connectivity index (χ2v) is 8.25. The highest BCUT2D eigenvalue weighted by Crippen LogP contribution is 2.16. The van der Waals surface area contributed by atoms with Gasteiger partial charge in [0.15, 0.2) is 0 Å². The molecule has 0 aliphatic carbocycles. The predicted molar refractivity (Wildman–Crippen MR) is 102 cm³/mol. The number of furan rings is 1. The van der Waals surface area contributed by atoms with Crippen LogP contribution >= 0.6 is 0 Å². The Hall–Kier alpha value is -2.32. The van der Waals surface area contributed by atoms with Gasteiger partial charge < -0.3 is 14.2 Å². The molecule has 0 bridgehead atoms. The third-order valence-electron chi connectivity index (χ3n) is 3.66. The average Bonchev–Trinajstić information content (AvgIpc) is 2.94. The molecule has 1 amide bonds. The Morgan fingerprint density at radius 2 is 1.88 bits per heavy atom. The van der Waals surface area contributed by atoms with E-state index >= 15 is 0 Å². The Bertz CT molecular complexity index is 859. The maximum Gasteiger partial charge on any atom is 0.254 e. The zero-order valence-corrected chi connectivity index (χ0v) is 16.3. The minimum Gasteiger partial charge on any atom is -0.464 e. The number of amides is 1. The van der Waals surface area contributed by atoms with Gasteiger partial charge in [0.2, 0.25) is 10.0 Å². The molecule has 0 unspecified atom stereocenters. The summed E-state index contributed by atoms with van der Waals surface area (Å²) in [6, 6.07) is 10.2. The van der Waals surface area contributed by atoms with E-state index in [1.165, 1.54) is 0 Å². The summed E-state index contributed by atoms with van der Waals surface area (Å²) in [6.07, 6.45) is 1.07.